The van der Waals surface area contributed by atoms with E-state index in [1.807, 2.05) is 20.0 Å². The lowest BCUT2D eigenvalue weighted by Gasteiger charge is -2.40. The standard InChI is InChI=1S/C14H23N3O.C2H6/c1-12(2)16-9-13-3-6-15-17(13)11-14(10-16)4-7-18-8-5-14;1-2/h3,6,12H,4-5,7-11H2,1-2H3;1-2H3. The summed E-state index contributed by atoms with van der Waals surface area (Å²) in [6.45, 7) is 13.7. The first-order valence-electron chi connectivity index (χ1n) is 8.01. The van der Waals surface area contributed by atoms with Crippen molar-refractivity contribution in [3.8, 4) is 0 Å². The molecule has 0 N–H and O–H groups in total. The van der Waals surface area contributed by atoms with Gasteiger partial charge in [0.15, 0.2) is 0 Å². The highest BCUT2D eigenvalue weighted by atomic mass is 16.5. The SMILES string of the molecule is CC.CC(C)N1Cc2ccnn2CC2(CCOCC2)C1. The second-order valence-electron chi connectivity index (χ2n) is 6.09. The van der Waals surface area contributed by atoms with Gasteiger partial charge in [-0.1, -0.05) is 13.8 Å². The van der Waals surface area contributed by atoms with Gasteiger partial charge in [0.05, 0.1) is 5.69 Å². The molecule has 1 saturated heterocycles. The Hall–Kier alpha value is -0.870. The van der Waals surface area contributed by atoms with Crippen LogP contribution in [-0.4, -0.2) is 40.5 Å². The van der Waals surface area contributed by atoms with Crippen molar-refractivity contribution in [1.82, 2.24) is 14.7 Å². The summed E-state index contributed by atoms with van der Waals surface area (Å²) in [6.07, 6.45) is 4.26. The number of fused-ring (bicyclic) bond motifs is 1. The molecule has 2 aliphatic rings. The van der Waals surface area contributed by atoms with Crippen LogP contribution in [0.1, 0.15) is 46.2 Å². The van der Waals surface area contributed by atoms with Gasteiger partial charge in [0.2, 0.25) is 0 Å². The van der Waals surface area contributed by atoms with Crippen molar-refractivity contribution in [3.05, 3.63) is 18.0 Å². The Morgan fingerprint density at radius 2 is 1.90 bits per heavy atom. The second-order valence-corrected chi connectivity index (χ2v) is 6.09. The lowest BCUT2D eigenvalue weighted by Crippen LogP contribution is -2.44. The molecule has 0 saturated carbocycles. The molecule has 3 heterocycles. The van der Waals surface area contributed by atoms with E-state index in [4.69, 9.17) is 4.74 Å². The predicted octanol–water partition coefficient (Wildman–Crippen LogP) is 2.93. The van der Waals surface area contributed by atoms with E-state index in [-0.39, 0.29) is 0 Å². The molecule has 0 bridgehead atoms. The Kier molecular flexibility index (Phi) is 5.22. The monoisotopic (exact) mass is 279 g/mol. The summed E-state index contributed by atoms with van der Waals surface area (Å²) in [5.74, 6) is 0. The minimum absolute atomic E-state index is 0.361. The Morgan fingerprint density at radius 1 is 1.20 bits per heavy atom. The van der Waals surface area contributed by atoms with Crippen LogP contribution in [0.3, 0.4) is 0 Å². The van der Waals surface area contributed by atoms with Gasteiger partial charge in [-0.3, -0.25) is 9.58 Å². The second kappa shape index (κ2) is 6.72. The summed E-state index contributed by atoms with van der Waals surface area (Å²) in [5.41, 5.74) is 1.71. The molecular formula is C16H29N3O. The number of nitrogens with zero attached hydrogens (tertiary/aromatic N) is 3. The van der Waals surface area contributed by atoms with Gasteiger partial charge in [0.1, 0.15) is 0 Å². The maximum Gasteiger partial charge on any atom is 0.0524 e. The maximum absolute atomic E-state index is 5.55. The van der Waals surface area contributed by atoms with E-state index >= 15 is 0 Å². The van der Waals surface area contributed by atoms with Gasteiger partial charge in [0.25, 0.3) is 0 Å². The Bertz CT molecular complexity index is 408. The van der Waals surface area contributed by atoms with Crippen LogP contribution in [0.25, 0.3) is 0 Å². The van der Waals surface area contributed by atoms with Gasteiger partial charge in [-0.25, -0.2) is 0 Å². The molecule has 0 aromatic carbocycles. The Labute approximate surface area is 123 Å². The largest absolute Gasteiger partial charge is 0.381 e. The van der Waals surface area contributed by atoms with Crippen LogP contribution in [0.4, 0.5) is 0 Å². The fraction of sp³-hybridized carbons (Fsp3) is 0.812. The van der Waals surface area contributed by atoms with Crippen molar-refractivity contribution in [1.29, 1.82) is 0 Å². The lowest BCUT2D eigenvalue weighted by atomic mass is 9.79. The lowest BCUT2D eigenvalue weighted by molar-refractivity contribution is -0.0155. The fourth-order valence-electron chi connectivity index (χ4n) is 3.19. The zero-order valence-corrected chi connectivity index (χ0v) is 13.4. The first-order chi connectivity index (χ1) is 9.69. The first-order valence-corrected chi connectivity index (χ1v) is 8.01. The molecule has 20 heavy (non-hydrogen) atoms. The number of ether oxygens (including phenoxy) is 1. The van der Waals surface area contributed by atoms with Crippen LogP contribution in [-0.2, 0) is 17.8 Å². The van der Waals surface area contributed by atoms with E-state index in [9.17, 15) is 0 Å². The number of aromatic nitrogens is 2. The van der Waals surface area contributed by atoms with Crippen LogP contribution in [0, 0.1) is 5.41 Å². The van der Waals surface area contributed by atoms with Crippen LogP contribution < -0.4 is 0 Å². The molecular weight excluding hydrogens is 250 g/mol. The van der Waals surface area contributed by atoms with E-state index in [1.54, 1.807) is 0 Å². The van der Waals surface area contributed by atoms with Crippen molar-refractivity contribution in [2.75, 3.05) is 19.8 Å². The maximum atomic E-state index is 5.55. The summed E-state index contributed by atoms with van der Waals surface area (Å²) in [4.78, 5) is 2.59. The minimum atomic E-state index is 0.361. The number of hydrogen-bond donors (Lipinski definition) is 0. The molecule has 114 valence electrons. The molecule has 2 aliphatic heterocycles. The molecule has 1 fully saturated rings. The molecule has 3 rings (SSSR count). The van der Waals surface area contributed by atoms with Crippen LogP contribution in [0.5, 0.6) is 0 Å². The molecule has 0 amide bonds. The zero-order chi connectivity index (χ0) is 14.6. The molecule has 1 spiro atoms. The number of rotatable bonds is 1. The van der Waals surface area contributed by atoms with Gasteiger partial charge in [-0.2, -0.15) is 5.10 Å². The topological polar surface area (TPSA) is 30.3 Å². The van der Waals surface area contributed by atoms with Gasteiger partial charge >= 0.3 is 0 Å². The highest BCUT2D eigenvalue weighted by Crippen LogP contribution is 2.36. The quantitative estimate of drug-likeness (QED) is 0.792. The van der Waals surface area contributed by atoms with Gasteiger partial charge in [0, 0.05) is 50.5 Å². The molecule has 0 atom stereocenters. The number of hydrogen-bond acceptors (Lipinski definition) is 3. The van der Waals surface area contributed by atoms with Crippen molar-refractivity contribution in [3.63, 3.8) is 0 Å². The highest BCUT2D eigenvalue weighted by Gasteiger charge is 2.38. The van der Waals surface area contributed by atoms with Crippen LogP contribution in [0.2, 0.25) is 0 Å². The van der Waals surface area contributed by atoms with Crippen molar-refractivity contribution in [2.45, 2.75) is 59.7 Å². The third kappa shape index (κ3) is 3.23. The minimum Gasteiger partial charge on any atom is -0.381 e. The van der Waals surface area contributed by atoms with Crippen molar-refractivity contribution < 1.29 is 4.74 Å². The van der Waals surface area contributed by atoms with Crippen molar-refractivity contribution in [2.24, 2.45) is 5.41 Å². The normalized spacial score (nSPS) is 22.1. The molecule has 0 radical (unpaired) electrons. The van der Waals surface area contributed by atoms with Gasteiger partial charge in [-0.05, 0) is 32.8 Å². The third-order valence-corrected chi connectivity index (χ3v) is 4.48. The van der Waals surface area contributed by atoms with Crippen molar-refractivity contribution >= 4 is 0 Å². The van der Waals surface area contributed by atoms with E-state index in [1.165, 1.54) is 12.2 Å². The summed E-state index contributed by atoms with van der Waals surface area (Å²) in [6, 6.07) is 2.75. The fourth-order valence-corrected chi connectivity index (χ4v) is 3.19. The van der Waals surface area contributed by atoms with Crippen LogP contribution in [0.15, 0.2) is 12.3 Å². The average Bonchev–Trinajstić information content (AvgIpc) is 2.82. The molecule has 4 heteroatoms. The molecule has 1 aromatic rings. The Morgan fingerprint density at radius 3 is 2.55 bits per heavy atom. The predicted molar refractivity (Wildman–Crippen MR) is 81.6 cm³/mol. The highest BCUT2D eigenvalue weighted by molar-refractivity contribution is 5.05. The van der Waals surface area contributed by atoms with E-state index in [2.05, 4.69) is 34.6 Å². The Balaban J connectivity index is 0.000000704. The summed E-state index contributed by atoms with van der Waals surface area (Å²) in [5, 5.41) is 4.51. The smallest absolute Gasteiger partial charge is 0.0524 e. The first kappa shape index (κ1) is 15.5. The zero-order valence-electron chi connectivity index (χ0n) is 13.4. The van der Waals surface area contributed by atoms with E-state index < -0.39 is 0 Å². The molecule has 1 aromatic heterocycles. The van der Waals surface area contributed by atoms with Gasteiger partial charge < -0.3 is 4.74 Å². The summed E-state index contributed by atoms with van der Waals surface area (Å²) in [7, 11) is 0. The van der Waals surface area contributed by atoms with Gasteiger partial charge in [-0.15, -0.1) is 0 Å². The molecule has 4 nitrogen and oxygen atoms in total. The van der Waals surface area contributed by atoms with E-state index in [0.29, 0.717) is 11.5 Å². The molecule has 0 unspecified atom stereocenters. The summed E-state index contributed by atoms with van der Waals surface area (Å²) >= 11 is 0. The summed E-state index contributed by atoms with van der Waals surface area (Å²) < 4.78 is 7.77. The molecule has 0 aliphatic carbocycles. The average molecular weight is 279 g/mol. The van der Waals surface area contributed by atoms with Crippen LogP contribution >= 0.6 is 0 Å². The van der Waals surface area contributed by atoms with E-state index in [0.717, 1.165) is 39.1 Å². The third-order valence-electron chi connectivity index (χ3n) is 4.48.